The van der Waals surface area contributed by atoms with E-state index in [0.717, 1.165) is 0 Å². The molecule has 0 unspecified atom stereocenters. The summed E-state index contributed by atoms with van der Waals surface area (Å²) < 4.78 is 31.2. The molecule has 0 bridgehead atoms. The van der Waals surface area contributed by atoms with Crippen LogP contribution in [0.4, 0.5) is 11.6 Å². The number of hydrogen-bond acceptors (Lipinski definition) is 6. The Labute approximate surface area is 154 Å². The van der Waals surface area contributed by atoms with Crippen molar-refractivity contribution in [2.45, 2.75) is 11.8 Å². The minimum Gasteiger partial charge on any atom is -1.00 e. The van der Waals surface area contributed by atoms with E-state index in [1.54, 1.807) is 6.92 Å². The first-order valence-electron chi connectivity index (χ1n) is 5.18. The molecular weight excluding hydrogens is 350 g/mol. The molecule has 0 saturated heterocycles. The molecule has 7 nitrogen and oxygen atoms in total. The molecule has 2 aromatic rings. The zero-order valence-electron chi connectivity index (χ0n) is 12.0. The number of halogens is 2. The topological polar surface area (TPSA) is 105 Å². The van der Waals surface area contributed by atoms with E-state index in [9.17, 15) is 8.42 Å². The Bertz CT molecular complexity index is 759. The van der Waals surface area contributed by atoms with Crippen molar-refractivity contribution in [3.8, 4) is 0 Å². The van der Waals surface area contributed by atoms with Crippen molar-refractivity contribution in [3.05, 3.63) is 34.3 Å². The minimum absolute atomic E-state index is 0. The third-order valence-electron chi connectivity index (χ3n) is 2.29. The second kappa shape index (κ2) is 7.19. The van der Waals surface area contributed by atoms with Crippen LogP contribution in [0.25, 0.3) is 0 Å². The Hall–Kier alpha value is -0.480. The van der Waals surface area contributed by atoms with Gasteiger partial charge in [0, 0.05) is 5.69 Å². The third-order valence-corrected chi connectivity index (χ3v) is 3.64. The monoisotopic (exact) mass is 358 g/mol. The van der Waals surface area contributed by atoms with Crippen LogP contribution in [0.15, 0.2) is 23.1 Å². The van der Waals surface area contributed by atoms with E-state index in [2.05, 4.69) is 20.3 Å². The van der Waals surface area contributed by atoms with Crippen LogP contribution in [0.2, 0.25) is 10.6 Å². The van der Waals surface area contributed by atoms with Crippen LogP contribution in [0.3, 0.4) is 0 Å². The number of aryl methyl sites for hydroxylation is 1. The fourth-order valence-corrected chi connectivity index (χ4v) is 2.60. The van der Waals surface area contributed by atoms with Gasteiger partial charge >= 0.3 is 29.6 Å². The van der Waals surface area contributed by atoms with Crippen molar-refractivity contribution in [1.82, 2.24) is 15.0 Å². The summed E-state index contributed by atoms with van der Waals surface area (Å²) in [6.07, 6.45) is 0. The first-order chi connectivity index (χ1) is 9.25. The number of aromatic nitrogens is 3. The van der Waals surface area contributed by atoms with Gasteiger partial charge in [-0.2, -0.15) is 23.4 Å². The molecule has 0 aliphatic heterocycles. The van der Waals surface area contributed by atoms with Gasteiger partial charge in [-0.25, -0.2) is 0 Å². The quantitative estimate of drug-likeness (QED) is 0.567. The molecule has 2 rings (SSSR count). The summed E-state index contributed by atoms with van der Waals surface area (Å²) in [7, 11) is -4.25. The molecule has 2 N–H and O–H groups in total. The molecule has 11 heteroatoms. The van der Waals surface area contributed by atoms with Gasteiger partial charge in [0.1, 0.15) is 0 Å². The summed E-state index contributed by atoms with van der Waals surface area (Å²) in [4.78, 5) is 11.0. The van der Waals surface area contributed by atoms with Crippen LogP contribution >= 0.6 is 23.2 Å². The zero-order chi connectivity index (χ0) is 14.9. The Morgan fingerprint density at radius 3 is 2.24 bits per heavy atom. The smallest absolute Gasteiger partial charge is 1.00 e. The summed E-state index contributed by atoms with van der Waals surface area (Å²) in [5.74, 6) is 0.119. The molecule has 0 spiro atoms. The van der Waals surface area contributed by atoms with Gasteiger partial charge in [0.15, 0.2) is 0 Å². The summed E-state index contributed by atoms with van der Waals surface area (Å²) in [6.45, 7) is 1.54. The van der Waals surface area contributed by atoms with Crippen molar-refractivity contribution in [2.24, 2.45) is 0 Å². The minimum atomic E-state index is -4.25. The van der Waals surface area contributed by atoms with Gasteiger partial charge in [0.05, 0.1) is 4.90 Å². The number of benzene rings is 1. The summed E-state index contributed by atoms with van der Waals surface area (Å²) in [5, 5.41) is 2.66. The fraction of sp³-hybridized carbons (Fsp3) is 0.100. The first kappa shape index (κ1) is 18.6. The van der Waals surface area contributed by atoms with Crippen LogP contribution in [-0.4, -0.2) is 27.9 Å². The standard InChI is InChI=1S/C10H8Cl2N4O3S.Na.H/c1-5-4-6(2-3-7(5)20(17,18)19)13-10-15-8(11)14-9(12)16-10;;/h2-4H,1H3,(H,17,18,19)(H,13,14,15,16);;/q;+1;-1. The predicted molar refractivity (Wildman–Crippen MR) is 75.2 cm³/mol. The predicted octanol–water partition coefficient (Wildman–Crippen LogP) is -0.406. The van der Waals surface area contributed by atoms with Crippen LogP contribution in [0, 0.1) is 6.92 Å². The largest absolute Gasteiger partial charge is 1.00 e. The molecule has 1 aromatic heterocycles. The summed E-state index contributed by atoms with van der Waals surface area (Å²) in [6, 6.07) is 4.22. The van der Waals surface area contributed by atoms with Gasteiger partial charge in [-0.15, -0.1) is 0 Å². The fourth-order valence-electron chi connectivity index (χ4n) is 1.53. The van der Waals surface area contributed by atoms with Gasteiger partial charge in [-0.05, 0) is 53.9 Å². The molecule has 1 heterocycles. The van der Waals surface area contributed by atoms with Gasteiger partial charge < -0.3 is 6.74 Å². The Morgan fingerprint density at radius 2 is 1.76 bits per heavy atom. The first-order valence-corrected chi connectivity index (χ1v) is 7.37. The molecule has 0 saturated carbocycles. The Morgan fingerprint density at radius 1 is 1.19 bits per heavy atom. The second-order valence-electron chi connectivity index (χ2n) is 3.78. The maximum atomic E-state index is 11.1. The normalized spacial score (nSPS) is 10.9. The average molecular weight is 359 g/mol. The van der Waals surface area contributed by atoms with Gasteiger partial charge in [0.2, 0.25) is 16.5 Å². The van der Waals surface area contributed by atoms with E-state index in [-0.39, 0.29) is 52.4 Å². The van der Waals surface area contributed by atoms with E-state index < -0.39 is 10.1 Å². The molecule has 0 aliphatic carbocycles. The van der Waals surface area contributed by atoms with Crippen molar-refractivity contribution in [2.75, 3.05) is 5.32 Å². The van der Waals surface area contributed by atoms with Crippen molar-refractivity contribution < 1.29 is 44.0 Å². The van der Waals surface area contributed by atoms with Crippen LogP contribution in [0.1, 0.15) is 6.99 Å². The van der Waals surface area contributed by atoms with E-state index in [0.29, 0.717) is 11.3 Å². The van der Waals surface area contributed by atoms with Gasteiger partial charge in [-0.1, -0.05) is 0 Å². The van der Waals surface area contributed by atoms with Crippen LogP contribution in [-0.2, 0) is 10.1 Å². The maximum absolute atomic E-state index is 11.1. The SMILES string of the molecule is Cc1cc(Nc2nc(Cl)nc(Cl)n2)ccc1S(=O)(=O)O.[H-].[Na+]. The Kier molecular flexibility index (Phi) is 6.36. The van der Waals surface area contributed by atoms with Crippen molar-refractivity contribution >= 4 is 45.0 Å². The number of anilines is 2. The molecule has 0 aliphatic rings. The Balaban J connectivity index is 0.00000220. The molecule has 1 aromatic carbocycles. The van der Waals surface area contributed by atoms with E-state index >= 15 is 0 Å². The van der Waals surface area contributed by atoms with E-state index in [1.165, 1.54) is 18.2 Å². The van der Waals surface area contributed by atoms with Crippen molar-refractivity contribution in [3.63, 3.8) is 0 Å². The molecule has 0 radical (unpaired) electrons. The second-order valence-corrected chi connectivity index (χ2v) is 5.84. The van der Waals surface area contributed by atoms with Crippen LogP contribution in [0.5, 0.6) is 0 Å². The maximum Gasteiger partial charge on any atom is 1.00 e. The molecule has 0 amide bonds. The van der Waals surface area contributed by atoms with Crippen molar-refractivity contribution in [1.29, 1.82) is 0 Å². The zero-order valence-corrected chi connectivity index (χ0v) is 15.3. The number of hydrogen-bond donors (Lipinski definition) is 2. The summed E-state index contributed by atoms with van der Waals surface area (Å²) in [5.41, 5.74) is 0.872. The summed E-state index contributed by atoms with van der Waals surface area (Å²) >= 11 is 11.3. The third kappa shape index (κ3) is 5.03. The molecular formula is C10H9Cl2N4NaO3S. The average Bonchev–Trinajstić information content (AvgIpc) is 2.25. The molecule has 0 atom stereocenters. The van der Waals surface area contributed by atoms with Gasteiger partial charge in [-0.3, -0.25) is 4.55 Å². The number of rotatable bonds is 3. The van der Waals surface area contributed by atoms with E-state index in [4.69, 9.17) is 27.8 Å². The molecule has 108 valence electrons. The van der Waals surface area contributed by atoms with E-state index in [1.807, 2.05) is 0 Å². The van der Waals surface area contributed by atoms with Gasteiger partial charge in [0.25, 0.3) is 10.1 Å². The molecule has 0 fully saturated rings. The van der Waals surface area contributed by atoms with Crippen LogP contribution < -0.4 is 34.9 Å². The molecule has 21 heavy (non-hydrogen) atoms. The number of nitrogens with one attached hydrogen (secondary N) is 1. The number of nitrogens with zero attached hydrogens (tertiary/aromatic N) is 3.